The SMILES string of the molecule is CCCCc1c(CCC)c(C(=O)c2ccccc2)c2ccccn12. The first-order valence-electron chi connectivity index (χ1n) is 8.98. The van der Waals surface area contributed by atoms with Gasteiger partial charge in [0, 0.05) is 17.5 Å². The lowest BCUT2D eigenvalue weighted by Crippen LogP contribution is -2.05. The number of hydrogen-bond acceptors (Lipinski definition) is 1. The van der Waals surface area contributed by atoms with Gasteiger partial charge >= 0.3 is 0 Å². The Morgan fingerprint density at radius 3 is 2.38 bits per heavy atom. The molecule has 0 radical (unpaired) electrons. The minimum Gasteiger partial charge on any atom is -0.320 e. The number of rotatable bonds is 7. The Kier molecular flexibility index (Phi) is 5.14. The molecule has 0 fully saturated rings. The Morgan fingerprint density at radius 2 is 1.67 bits per heavy atom. The fourth-order valence-corrected chi connectivity index (χ4v) is 3.45. The lowest BCUT2D eigenvalue weighted by Gasteiger charge is -2.07. The summed E-state index contributed by atoms with van der Waals surface area (Å²) in [4.78, 5) is 13.2. The first-order valence-corrected chi connectivity index (χ1v) is 8.98. The maximum Gasteiger partial charge on any atom is 0.195 e. The summed E-state index contributed by atoms with van der Waals surface area (Å²) in [6.07, 6.45) is 7.43. The van der Waals surface area contributed by atoms with Gasteiger partial charge in [0.25, 0.3) is 0 Å². The van der Waals surface area contributed by atoms with Gasteiger partial charge in [0.1, 0.15) is 0 Å². The van der Waals surface area contributed by atoms with Crippen LogP contribution in [0.2, 0.25) is 0 Å². The van der Waals surface area contributed by atoms with Gasteiger partial charge in [-0.3, -0.25) is 4.79 Å². The van der Waals surface area contributed by atoms with Crippen molar-refractivity contribution in [1.29, 1.82) is 0 Å². The Hall–Kier alpha value is -2.35. The number of benzene rings is 1. The van der Waals surface area contributed by atoms with Crippen LogP contribution < -0.4 is 0 Å². The summed E-state index contributed by atoms with van der Waals surface area (Å²) < 4.78 is 2.23. The minimum atomic E-state index is 0.144. The van der Waals surface area contributed by atoms with Crippen LogP contribution in [0.25, 0.3) is 5.52 Å². The largest absolute Gasteiger partial charge is 0.320 e. The normalized spacial score (nSPS) is 11.1. The summed E-state index contributed by atoms with van der Waals surface area (Å²) >= 11 is 0. The van der Waals surface area contributed by atoms with Crippen molar-refractivity contribution in [3.63, 3.8) is 0 Å². The number of hydrogen-bond donors (Lipinski definition) is 0. The summed E-state index contributed by atoms with van der Waals surface area (Å²) in [7, 11) is 0. The molecule has 0 aliphatic carbocycles. The third-order valence-electron chi connectivity index (χ3n) is 4.59. The van der Waals surface area contributed by atoms with Crippen LogP contribution in [0.4, 0.5) is 0 Å². The Bertz CT molecular complexity index is 830. The van der Waals surface area contributed by atoms with Crippen LogP contribution in [0.5, 0.6) is 0 Å². The van der Waals surface area contributed by atoms with Gasteiger partial charge in [0.05, 0.1) is 11.1 Å². The van der Waals surface area contributed by atoms with Gasteiger partial charge < -0.3 is 4.40 Å². The van der Waals surface area contributed by atoms with Crippen molar-refractivity contribution < 1.29 is 4.79 Å². The van der Waals surface area contributed by atoms with Gasteiger partial charge in [0.2, 0.25) is 0 Å². The van der Waals surface area contributed by atoms with Crippen LogP contribution in [0.15, 0.2) is 54.7 Å². The number of unbranched alkanes of at least 4 members (excludes halogenated alkanes) is 1. The third kappa shape index (κ3) is 3.01. The molecule has 24 heavy (non-hydrogen) atoms. The number of fused-ring (bicyclic) bond motifs is 1. The van der Waals surface area contributed by atoms with E-state index in [9.17, 15) is 4.79 Å². The van der Waals surface area contributed by atoms with Gasteiger partial charge in [-0.2, -0.15) is 0 Å². The van der Waals surface area contributed by atoms with E-state index in [-0.39, 0.29) is 5.78 Å². The predicted octanol–water partition coefficient (Wildman–Crippen LogP) is 5.47. The second-order valence-electron chi connectivity index (χ2n) is 6.30. The lowest BCUT2D eigenvalue weighted by molar-refractivity contribution is 0.103. The van der Waals surface area contributed by atoms with E-state index in [1.807, 2.05) is 36.4 Å². The molecule has 0 amide bonds. The van der Waals surface area contributed by atoms with Crippen molar-refractivity contribution in [2.24, 2.45) is 0 Å². The molecule has 3 rings (SSSR count). The van der Waals surface area contributed by atoms with E-state index in [2.05, 4.69) is 36.6 Å². The highest BCUT2D eigenvalue weighted by Crippen LogP contribution is 2.29. The van der Waals surface area contributed by atoms with E-state index in [1.165, 1.54) is 11.3 Å². The minimum absolute atomic E-state index is 0.144. The van der Waals surface area contributed by atoms with Crippen molar-refractivity contribution >= 4 is 11.3 Å². The predicted molar refractivity (Wildman–Crippen MR) is 99.9 cm³/mol. The molecule has 0 unspecified atom stereocenters. The molecular weight excluding hydrogens is 294 g/mol. The number of aryl methyl sites for hydroxylation is 1. The smallest absolute Gasteiger partial charge is 0.195 e. The molecule has 0 N–H and O–H groups in total. The first-order chi connectivity index (χ1) is 11.8. The molecule has 0 aliphatic rings. The number of carbonyl (C=O) groups excluding carboxylic acids is 1. The van der Waals surface area contributed by atoms with Gasteiger partial charge in [-0.05, 0) is 37.0 Å². The monoisotopic (exact) mass is 319 g/mol. The quantitative estimate of drug-likeness (QED) is 0.529. The molecule has 0 saturated heterocycles. The van der Waals surface area contributed by atoms with Crippen LogP contribution in [0, 0.1) is 0 Å². The third-order valence-corrected chi connectivity index (χ3v) is 4.59. The van der Waals surface area contributed by atoms with Gasteiger partial charge in [0.15, 0.2) is 5.78 Å². The van der Waals surface area contributed by atoms with E-state index in [0.29, 0.717) is 0 Å². The van der Waals surface area contributed by atoms with Gasteiger partial charge in [-0.1, -0.05) is 63.1 Å². The number of pyridine rings is 1. The first kappa shape index (κ1) is 16.5. The zero-order valence-corrected chi connectivity index (χ0v) is 14.6. The van der Waals surface area contributed by atoms with Gasteiger partial charge in [-0.25, -0.2) is 0 Å². The Balaban J connectivity index is 2.21. The molecule has 2 aromatic heterocycles. The van der Waals surface area contributed by atoms with Crippen molar-refractivity contribution in [3.05, 3.63) is 77.1 Å². The maximum atomic E-state index is 13.2. The molecule has 0 spiro atoms. The van der Waals surface area contributed by atoms with E-state index < -0.39 is 0 Å². The van der Waals surface area contributed by atoms with E-state index in [1.54, 1.807) is 0 Å². The molecule has 3 aromatic rings. The molecule has 1 aromatic carbocycles. The van der Waals surface area contributed by atoms with E-state index in [4.69, 9.17) is 0 Å². The molecule has 0 saturated carbocycles. The summed E-state index contributed by atoms with van der Waals surface area (Å²) in [6.45, 7) is 4.40. The molecule has 0 atom stereocenters. The lowest BCUT2D eigenvalue weighted by atomic mass is 9.95. The Labute approximate surface area is 144 Å². The van der Waals surface area contributed by atoms with Crippen molar-refractivity contribution in [2.75, 3.05) is 0 Å². The van der Waals surface area contributed by atoms with Crippen molar-refractivity contribution in [3.8, 4) is 0 Å². The van der Waals surface area contributed by atoms with Crippen LogP contribution in [-0.2, 0) is 12.8 Å². The Morgan fingerprint density at radius 1 is 0.917 bits per heavy atom. The van der Waals surface area contributed by atoms with Crippen LogP contribution in [-0.4, -0.2) is 10.2 Å². The second-order valence-corrected chi connectivity index (χ2v) is 6.30. The standard InChI is InChI=1S/C22H25NO/c1-3-5-14-19-18(11-4-2)21(20-15-9-10-16-23(19)20)22(24)17-12-7-6-8-13-17/h6-10,12-13,15-16H,3-5,11,14H2,1-2H3. The average molecular weight is 319 g/mol. The fourth-order valence-electron chi connectivity index (χ4n) is 3.45. The summed E-state index contributed by atoms with van der Waals surface area (Å²) in [6, 6.07) is 15.8. The van der Waals surface area contributed by atoms with Crippen molar-refractivity contribution in [1.82, 2.24) is 4.40 Å². The summed E-state index contributed by atoms with van der Waals surface area (Å²) in [5.74, 6) is 0.144. The van der Waals surface area contributed by atoms with Gasteiger partial charge in [-0.15, -0.1) is 0 Å². The molecule has 2 heterocycles. The maximum absolute atomic E-state index is 13.2. The molecule has 0 bridgehead atoms. The van der Waals surface area contributed by atoms with Crippen LogP contribution in [0.3, 0.4) is 0 Å². The molecule has 124 valence electrons. The molecular formula is C22H25NO. The molecule has 2 heteroatoms. The molecule has 2 nitrogen and oxygen atoms in total. The highest BCUT2D eigenvalue weighted by atomic mass is 16.1. The number of aromatic nitrogens is 1. The number of carbonyl (C=O) groups is 1. The van der Waals surface area contributed by atoms with E-state index in [0.717, 1.165) is 48.7 Å². The summed E-state index contributed by atoms with van der Waals surface area (Å²) in [5, 5.41) is 0. The second kappa shape index (κ2) is 7.48. The van der Waals surface area contributed by atoms with Crippen molar-refractivity contribution in [2.45, 2.75) is 46.0 Å². The van der Waals surface area contributed by atoms with Crippen LogP contribution in [0.1, 0.15) is 60.3 Å². The molecule has 0 aliphatic heterocycles. The zero-order chi connectivity index (χ0) is 16.9. The summed E-state index contributed by atoms with van der Waals surface area (Å²) in [5.41, 5.74) is 5.27. The number of ketones is 1. The fraction of sp³-hybridized carbons (Fsp3) is 0.318. The topological polar surface area (TPSA) is 21.5 Å². The average Bonchev–Trinajstić information content (AvgIpc) is 2.94. The number of nitrogens with zero attached hydrogens (tertiary/aromatic N) is 1. The highest BCUT2D eigenvalue weighted by Gasteiger charge is 2.22. The highest BCUT2D eigenvalue weighted by molar-refractivity contribution is 6.14. The zero-order valence-electron chi connectivity index (χ0n) is 14.6. The van der Waals surface area contributed by atoms with E-state index >= 15 is 0 Å². The van der Waals surface area contributed by atoms with Crippen LogP contribution >= 0.6 is 0 Å².